The van der Waals surface area contributed by atoms with Crippen molar-refractivity contribution in [2.45, 2.75) is 64.9 Å². The molecule has 0 saturated heterocycles. The van der Waals surface area contributed by atoms with Crippen molar-refractivity contribution < 1.29 is 29.4 Å². The van der Waals surface area contributed by atoms with Crippen molar-refractivity contribution in [1.29, 1.82) is 0 Å². The Kier molecular flexibility index (Phi) is 7.42. The third kappa shape index (κ3) is 4.60. The number of carboxylic acid groups (broad SMARTS) is 1. The maximum atomic E-state index is 13.9. The van der Waals surface area contributed by atoms with E-state index in [1.165, 1.54) is 0 Å². The van der Waals surface area contributed by atoms with E-state index < -0.39 is 52.8 Å². The number of aliphatic hydroxyl groups is 1. The van der Waals surface area contributed by atoms with Crippen LogP contribution >= 0.6 is 0 Å². The van der Waals surface area contributed by atoms with Crippen molar-refractivity contribution in [1.82, 2.24) is 5.32 Å². The van der Waals surface area contributed by atoms with Crippen LogP contribution < -0.4 is 5.32 Å². The number of carboxylic acids is 1. The molecule has 1 heterocycles. The summed E-state index contributed by atoms with van der Waals surface area (Å²) in [6.07, 6.45) is 8.79. The summed E-state index contributed by atoms with van der Waals surface area (Å²) in [6, 6.07) is 0. The molecule has 0 aromatic rings. The predicted molar refractivity (Wildman–Crippen MR) is 123 cm³/mol. The summed E-state index contributed by atoms with van der Waals surface area (Å²) in [5.74, 6) is -5.57. The summed E-state index contributed by atoms with van der Waals surface area (Å²) in [6.45, 7) is 9.61. The largest absolute Gasteiger partial charge is 0.481 e. The van der Waals surface area contributed by atoms with Crippen LogP contribution in [0.1, 0.15) is 59.3 Å². The second-order valence-electron chi connectivity index (χ2n) is 9.99. The topological polar surface area (TPSA) is 121 Å². The summed E-state index contributed by atoms with van der Waals surface area (Å²) >= 11 is 0. The summed E-state index contributed by atoms with van der Waals surface area (Å²) in [5, 5.41) is 23.3. The number of fused-ring (bicyclic) bond motifs is 1. The van der Waals surface area contributed by atoms with Crippen LogP contribution in [-0.2, 0) is 19.2 Å². The monoisotopic (exact) mass is 457 g/mol. The van der Waals surface area contributed by atoms with Gasteiger partial charge in [0.2, 0.25) is 0 Å². The lowest BCUT2D eigenvalue weighted by Crippen LogP contribution is -2.55. The number of unbranched alkanes of at least 4 members (excludes halogenated alkanes) is 2. The first-order valence-electron chi connectivity index (χ1n) is 12.0. The number of Topliss-reactive ketones (excluding diaryl/α,β-unsaturated/α-hetero) is 1. The van der Waals surface area contributed by atoms with Gasteiger partial charge in [-0.25, -0.2) is 0 Å². The Balaban J connectivity index is 2.02. The van der Waals surface area contributed by atoms with E-state index in [4.69, 9.17) is 0 Å². The number of amides is 2. The quantitative estimate of drug-likeness (QED) is 0.212. The van der Waals surface area contributed by atoms with E-state index in [1.807, 2.05) is 13.8 Å². The summed E-state index contributed by atoms with van der Waals surface area (Å²) in [4.78, 5) is 51.1. The standard InChI is InChI=1S/C26H35NO6/c1-5-7-8-9-16(6-2)19-20(24(30)27-23(19)29)22(28)18-14(3)10-11-26(33)13-17(25(31)32)12-15(4)21(18)26/h6,10-11,14-18,21,33H,2,5,7-9,12-13H2,1,3-4H3,(H,31,32)(H,27,29,30)/t14-,15+,16-,17-,18+,21+,26+/m1/s1. The lowest BCUT2D eigenvalue weighted by atomic mass is 9.55. The smallest absolute Gasteiger partial charge is 0.306 e. The maximum absolute atomic E-state index is 13.9. The maximum Gasteiger partial charge on any atom is 0.306 e. The minimum atomic E-state index is -1.45. The van der Waals surface area contributed by atoms with Gasteiger partial charge in [-0.1, -0.05) is 58.3 Å². The molecule has 7 heteroatoms. The molecule has 1 aliphatic heterocycles. The number of nitrogens with one attached hydrogen (secondary N) is 1. The van der Waals surface area contributed by atoms with Crippen molar-refractivity contribution in [3.05, 3.63) is 36.0 Å². The average Bonchev–Trinajstić information content (AvgIpc) is 3.05. The van der Waals surface area contributed by atoms with Gasteiger partial charge in [0.1, 0.15) is 0 Å². The molecule has 1 saturated carbocycles. The highest BCUT2D eigenvalue weighted by Gasteiger charge is 2.55. The molecular weight excluding hydrogens is 422 g/mol. The molecule has 33 heavy (non-hydrogen) atoms. The van der Waals surface area contributed by atoms with Crippen molar-refractivity contribution in [2.24, 2.45) is 35.5 Å². The number of ketones is 1. The number of imide groups is 1. The molecule has 7 atom stereocenters. The molecule has 1 fully saturated rings. The highest BCUT2D eigenvalue weighted by atomic mass is 16.4. The normalized spacial score (nSPS) is 34.6. The van der Waals surface area contributed by atoms with Crippen LogP contribution in [0.5, 0.6) is 0 Å². The zero-order valence-electron chi connectivity index (χ0n) is 19.7. The molecule has 0 bridgehead atoms. The first-order chi connectivity index (χ1) is 15.6. The molecule has 3 aliphatic rings. The molecule has 0 aromatic heterocycles. The summed E-state index contributed by atoms with van der Waals surface area (Å²) in [5.41, 5.74) is -1.40. The van der Waals surface area contributed by atoms with E-state index in [2.05, 4.69) is 18.8 Å². The molecule has 2 aliphatic carbocycles. The Morgan fingerprint density at radius 1 is 1.27 bits per heavy atom. The average molecular weight is 458 g/mol. The molecule has 3 N–H and O–H groups in total. The lowest BCUT2D eigenvalue weighted by molar-refractivity contribution is -0.155. The van der Waals surface area contributed by atoms with Crippen LogP contribution in [0.2, 0.25) is 0 Å². The van der Waals surface area contributed by atoms with Crippen molar-refractivity contribution >= 4 is 23.6 Å². The predicted octanol–water partition coefficient (Wildman–Crippen LogP) is 3.19. The van der Waals surface area contributed by atoms with Crippen LogP contribution in [0.15, 0.2) is 36.0 Å². The fourth-order valence-electron chi connectivity index (χ4n) is 6.13. The van der Waals surface area contributed by atoms with Crippen LogP contribution in [0, 0.1) is 35.5 Å². The van der Waals surface area contributed by atoms with E-state index in [9.17, 15) is 29.4 Å². The van der Waals surface area contributed by atoms with Crippen molar-refractivity contribution in [2.75, 3.05) is 0 Å². The number of hydrogen-bond donors (Lipinski definition) is 3. The van der Waals surface area contributed by atoms with Gasteiger partial charge in [0.05, 0.1) is 17.1 Å². The molecule has 0 radical (unpaired) electrons. The van der Waals surface area contributed by atoms with Gasteiger partial charge >= 0.3 is 5.97 Å². The molecule has 2 amide bonds. The van der Waals surface area contributed by atoms with E-state index in [0.717, 1.165) is 19.3 Å². The van der Waals surface area contributed by atoms with Crippen LogP contribution in [0.3, 0.4) is 0 Å². The van der Waals surface area contributed by atoms with Gasteiger partial charge in [0.15, 0.2) is 5.78 Å². The van der Waals surface area contributed by atoms with Gasteiger partial charge in [0.25, 0.3) is 11.8 Å². The van der Waals surface area contributed by atoms with Crippen LogP contribution in [0.25, 0.3) is 0 Å². The van der Waals surface area contributed by atoms with Gasteiger partial charge < -0.3 is 10.2 Å². The molecule has 0 unspecified atom stereocenters. The number of carbonyl (C=O) groups is 4. The Bertz CT molecular complexity index is 918. The second kappa shape index (κ2) is 9.75. The number of aliphatic carboxylic acids is 1. The zero-order chi connectivity index (χ0) is 24.5. The lowest BCUT2D eigenvalue weighted by Gasteiger charge is -2.51. The second-order valence-corrected chi connectivity index (χ2v) is 9.99. The van der Waals surface area contributed by atoms with Crippen molar-refractivity contribution in [3.8, 4) is 0 Å². The van der Waals surface area contributed by atoms with Gasteiger partial charge in [-0.15, -0.1) is 6.58 Å². The Hall–Kier alpha value is -2.54. The third-order valence-corrected chi connectivity index (χ3v) is 7.70. The van der Waals surface area contributed by atoms with E-state index in [1.54, 1.807) is 18.2 Å². The first kappa shape index (κ1) is 25.1. The number of rotatable bonds is 9. The molecule has 180 valence electrons. The Morgan fingerprint density at radius 2 is 1.97 bits per heavy atom. The minimum absolute atomic E-state index is 0.0215. The number of carbonyl (C=O) groups excluding carboxylic acids is 3. The molecule has 0 aromatic carbocycles. The van der Waals surface area contributed by atoms with Crippen molar-refractivity contribution in [3.63, 3.8) is 0 Å². The molecule has 7 nitrogen and oxygen atoms in total. The van der Waals surface area contributed by atoms with E-state index in [0.29, 0.717) is 12.8 Å². The SMILES string of the molecule is C=C[C@H](CCCCC)C1=C(C(=O)[C@@H]2[C@@H]3[C@@H](C)C[C@@H](C(=O)O)C[C@@]3(O)C=C[C@H]2C)C(=O)NC1=O. The van der Waals surface area contributed by atoms with Crippen LogP contribution in [-0.4, -0.2) is 39.4 Å². The highest BCUT2D eigenvalue weighted by molar-refractivity contribution is 6.33. The summed E-state index contributed by atoms with van der Waals surface area (Å²) < 4.78 is 0. The Morgan fingerprint density at radius 3 is 2.58 bits per heavy atom. The third-order valence-electron chi connectivity index (χ3n) is 7.70. The Labute approximate surface area is 195 Å². The zero-order valence-corrected chi connectivity index (χ0v) is 19.7. The molecular formula is C26H35NO6. The fourth-order valence-corrected chi connectivity index (χ4v) is 6.13. The van der Waals surface area contributed by atoms with Crippen LogP contribution in [0.4, 0.5) is 0 Å². The van der Waals surface area contributed by atoms with Gasteiger partial charge in [-0.2, -0.15) is 0 Å². The fraction of sp³-hybridized carbons (Fsp3) is 0.615. The number of hydrogen-bond acceptors (Lipinski definition) is 5. The molecule has 3 rings (SSSR count). The minimum Gasteiger partial charge on any atom is -0.481 e. The van der Waals surface area contributed by atoms with Gasteiger partial charge in [-0.05, 0) is 31.1 Å². The first-order valence-corrected chi connectivity index (χ1v) is 12.0. The van der Waals surface area contributed by atoms with Gasteiger partial charge in [0, 0.05) is 23.3 Å². The van der Waals surface area contributed by atoms with E-state index in [-0.39, 0.29) is 29.4 Å². The van der Waals surface area contributed by atoms with E-state index >= 15 is 0 Å². The highest BCUT2D eigenvalue weighted by Crippen LogP contribution is 2.51. The summed E-state index contributed by atoms with van der Waals surface area (Å²) in [7, 11) is 0. The van der Waals surface area contributed by atoms with Gasteiger partial charge in [-0.3, -0.25) is 24.5 Å². The molecule has 0 spiro atoms. The number of allylic oxidation sites excluding steroid dienone is 2.